The fraction of sp³-hybridized carbons (Fsp3) is 0.294. The third-order valence-corrected chi connectivity index (χ3v) is 4.38. The van der Waals surface area contributed by atoms with Crippen molar-refractivity contribution in [1.29, 1.82) is 0 Å². The van der Waals surface area contributed by atoms with Gasteiger partial charge in [-0.15, -0.1) is 0 Å². The summed E-state index contributed by atoms with van der Waals surface area (Å²) in [5, 5.41) is 2.80. The summed E-state index contributed by atoms with van der Waals surface area (Å²) < 4.78 is 0. The molecule has 1 aromatic heterocycles. The van der Waals surface area contributed by atoms with Crippen LogP contribution in [0.1, 0.15) is 11.3 Å². The zero-order valence-corrected chi connectivity index (χ0v) is 13.1. The van der Waals surface area contributed by atoms with Gasteiger partial charge in [-0.05, 0) is 24.1 Å². The number of carbonyl (C=O) groups excluding carboxylic acids is 2. The molecule has 0 spiro atoms. The summed E-state index contributed by atoms with van der Waals surface area (Å²) in [5.41, 5.74) is 3.55. The first-order valence-corrected chi connectivity index (χ1v) is 7.90. The molecule has 0 radical (unpaired) electrons. The van der Waals surface area contributed by atoms with Gasteiger partial charge in [-0.25, -0.2) is 9.97 Å². The van der Waals surface area contributed by atoms with E-state index < -0.39 is 0 Å². The third-order valence-electron chi connectivity index (χ3n) is 4.38. The van der Waals surface area contributed by atoms with Gasteiger partial charge in [0.05, 0.1) is 23.6 Å². The van der Waals surface area contributed by atoms with Crippen molar-refractivity contribution in [1.82, 2.24) is 14.9 Å². The van der Waals surface area contributed by atoms with Crippen LogP contribution < -0.4 is 10.2 Å². The monoisotopic (exact) mass is 323 g/mol. The molecular weight excluding hydrogens is 306 g/mol. The molecule has 7 nitrogen and oxygen atoms in total. The van der Waals surface area contributed by atoms with Crippen LogP contribution >= 0.6 is 0 Å². The van der Waals surface area contributed by atoms with E-state index in [1.807, 2.05) is 24.4 Å². The normalized spacial score (nSPS) is 17.0. The zero-order valence-electron chi connectivity index (χ0n) is 13.1. The van der Waals surface area contributed by atoms with E-state index in [0.29, 0.717) is 12.2 Å². The van der Waals surface area contributed by atoms with Crippen molar-refractivity contribution in [2.24, 2.45) is 0 Å². The fourth-order valence-electron chi connectivity index (χ4n) is 3.17. The maximum Gasteiger partial charge on any atom is 0.244 e. The van der Waals surface area contributed by atoms with Crippen LogP contribution in [0.3, 0.4) is 0 Å². The van der Waals surface area contributed by atoms with E-state index in [9.17, 15) is 9.59 Å². The van der Waals surface area contributed by atoms with Crippen molar-refractivity contribution in [2.45, 2.75) is 13.0 Å². The lowest BCUT2D eigenvalue weighted by Gasteiger charge is -2.32. The number of benzene rings is 1. The number of amides is 2. The van der Waals surface area contributed by atoms with Gasteiger partial charge in [0.1, 0.15) is 12.9 Å². The van der Waals surface area contributed by atoms with Crippen LogP contribution in [0.4, 0.5) is 11.4 Å². The summed E-state index contributed by atoms with van der Waals surface area (Å²) in [6.07, 6.45) is 4.21. The van der Waals surface area contributed by atoms with Crippen LogP contribution in [0, 0.1) is 0 Å². The number of nitrogens with one attached hydrogen (secondary N) is 1. The van der Waals surface area contributed by atoms with Gasteiger partial charge in [0.15, 0.2) is 0 Å². The smallest absolute Gasteiger partial charge is 0.244 e. The number of fused-ring (bicyclic) bond motifs is 2. The largest absolute Gasteiger partial charge is 0.323 e. The molecule has 0 atom stereocenters. The summed E-state index contributed by atoms with van der Waals surface area (Å²) in [6, 6.07) is 7.37. The van der Waals surface area contributed by atoms with Gasteiger partial charge >= 0.3 is 0 Å². The molecule has 0 saturated carbocycles. The van der Waals surface area contributed by atoms with Crippen LogP contribution in [0.15, 0.2) is 36.8 Å². The van der Waals surface area contributed by atoms with Gasteiger partial charge in [0.2, 0.25) is 11.8 Å². The number of aromatic nitrogens is 2. The minimum Gasteiger partial charge on any atom is -0.323 e. The lowest BCUT2D eigenvalue weighted by atomic mass is 10.1. The highest BCUT2D eigenvalue weighted by molar-refractivity contribution is 6.10. The first kappa shape index (κ1) is 14.8. The second kappa shape index (κ2) is 6.01. The van der Waals surface area contributed by atoms with Crippen molar-refractivity contribution in [3.05, 3.63) is 48.0 Å². The molecule has 0 fully saturated rings. The highest BCUT2D eigenvalue weighted by Gasteiger charge is 2.28. The molecular formula is C17H17N5O2. The Kier molecular flexibility index (Phi) is 3.70. The molecule has 2 aliphatic rings. The molecule has 2 aliphatic heterocycles. The van der Waals surface area contributed by atoms with E-state index in [-0.39, 0.29) is 24.9 Å². The summed E-state index contributed by atoms with van der Waals surface area (Å²) >= 11 is 0. The van der Waals surface area contributed by atoms with Crippen molar-refractivity contribution in [3.8, 4) is 0 Å². The predicted molar refractivity (Wildman–Crippen MR) is 88.4 cm³/mol. The van der Waals surface area contributed by atoms with Crippen molar-refractivity contribution < 1.29 is 9.59 Å². The molecule has 2 amide bonds. The van der Waals surface area contributed by atoms with Crippen molar-refractivity contribution in [2.75, 3.05) is 29.9 Å². The molecule has 0 saturated heterocycles. The number of rotatable bonds is 2. The van der Waals surface area contributed by atoms with E-state index >= 15 is 0 Å². The number of para-hydroxylation sites is 2. The Balaban J connectivity index is 1.50. The van der Waals surface area contributed by atoms with Crippen LogP contribution in [-0.2, 0) is 22.6 Å². The topological polar surface area (TPSA) is 78.4 Å². The Morgan fingerprint density at radius 2 is 2.12 bits per heavy atom. The van der Waals surface area contributed by atoms with Gasteiger partial charge in [-0.1, -0.05) is 12.1 Å². The van der Waals surface area contributed by atoms with Gasteiger partial charge in [0, 0.05) is 19.3 Å². The molecule has 1 aromatic carbocycles. The lowest BCUT2D eigenvalue weighted by molar-refractivity contribution is -0.122. The number of carbonyl (C=O) groups is 2. The summed E-state index contributed by atoms with van der Waals surface area (Å²) in [6.45, 7) is 1.74. The number of anilines is 2. The molecule has 3 heterocycles. The van der Waals surface area contributed by atoms with E-state index in [1.54, 1.807) is 11.0 Å². The van der Waals surface area contributed by atoms with Gasteiger partial charge in [0.25, 0.3) is 0 Å². The van der Waals surface area contributed by atoms with Gasteiger partial charge in [-0.3, -0.25) is 19.4 Å². The average molecular weight is 323 g/mol. The van der Waals surface area contributed by atoms with Gasteiger partial charge in [-0.2, -0.15) is 0 Å². The molecule has 4 rings (SSSR count). The third kappa shape index (κ3) is 2.74. The standard InChI is InChI=1S/C17H17N5O2/c23-16-9-22(15-4-2-1-3-13(15)20-16)17(24)10-21-6-5-12-7-18-11-19-14(12)8-21/h1-4,7,11H,5-6,8-10H2,(H,20,23). The molecule has 0 unspecified atom stereocenters. The quantitative estimate of drug-likeness (QED) is 0.885. The number of hydrogen-bond acceptors (Lipinski definition) is 5. The fourth-order valence-corrected chi connectivity index (χ4v) is 3.17. The zero-order chi connectivity index (χ0) is 16.5. The first-order valence-electron chi connectivity index (χ1n) is 7.90. The molecule has 1 N–H and O–H groups in total. The summed E-state index contributed by atoms with van der Waals surface area (Å²) in [7, 11) is 0. The molecule has 0 aliphatic carbocycles. The average Bonchev–Trinajstić information content (AvgIpc) is 2.60. The maximum atomic E-state index is 12.8. The SMILES string of the molecule is O=C1CN(C(=O)CN2CCc3cncnc3C2)c2ccccc2N1. The van der Waals surface area contributed by atoms with Crippen molar-refractivity contribution >= 4 is 23.2 Å². The highest BCUT2D eigenvalue weighted by atomic mass is 16.2. The van der Waals surface area contributed by atoms with Crippen LogP contribution in [0.5, 0.6) is 0 Å². The van der Waals surface area contributed by atoms with E-state index in [1.165, 1.54) is 6.33 Å². The van der Waals surface area contributed by atoms with Crippen molar-refractivity contribution in [3.63, 3.8) is 0 Å². The Morgan fingerprint density at radius 3 is 3.04 bits per heavy atom. The van der Waals surface area contributed by atoms with E-state index in [0.717, 1.165) is 29.9 Å². The molecule has 24 heavy (non-hydrogen) atoms. The second-order valence-corrected chi connectivity index (χ2v) is 6.00. The minimum atomic E-state index is -0.168. The molecule has 2 aromatic rings. The number of nitrogens with zero attached hydrogens (tertiary/aromatic N) is 4. The Bertz CT molecular complexity index is 807. The van der Waals surface area contributed by atoms with Crippen LogP contribution in [-0.4, -0.2) is 46.3 Å². The van der Waals surface area contributed by atoms with E-state index in [2.05, 4.69) is 20.2 Å². The Hall–Kier alpha value is -2.80. The lowest BCUT2D eigenvalue weighted by Crippen LogP contribution is -2.47. The summed E-state index contributed by atoms with van der Waals surface area (Å²) in [4.78, 5) is 36.6. The molecule has 0 bridgehead atoms. The first-order chi connectivity index (χ1) is 11.7. The number of hydrogen-bond donors (Lipinski definition) is 1. The van der Waals surface area contributed by atoms with Crippen LogP contribution in [0.2, 0.25) is 0 Å². The van der Waals surface area contributed by atoms with Crippen LogP contribution in [0.25, 0.3) is 0 Å². The summed E-state index contributed by atoms with van der Waals surface area (Å²) in [5.74, 6) is -0.242. The van der Waals surface area contributed by atoms with Gasteiger partial charge < -0.3 is 5.32 Å². The second-order valence-electron chi connectivity index (χ2n) is 6.00. The molecule has 7 heteroatoms. The molecule has 122 valence electrons. The Labute approximate surface area is 139 Å². The maximum absolute atomic E-state index is 12.8. The highest BCUT2D eigenvalue weighted by Crippen LogP contribution is 2.29. The minimum absolute atomic E-state index is 0.0580. The Morgan fingerprint density at radius 1 is 1.25 bits per heavy atom. The predicted octanol–water partition coefficient (Wildman–Crippen LogP) is 0.820. The van der Waals surface area contributed by atoms with E-state index in [4.69, 9.17) is 0 Å².